The monoisotopic (exact) mass is 439 g/mol. The summed E-state index contributed by atoms with van der Waals surface area (Å²) in [6.45, 7) is 5.62. The van der Waals surface area contributed by atoms with Crippen LogP contribution in [0.4, 0.5) is 8.78 Å². The zero-order chi connectivity index (χ0) is 22.7. The van der Waals surface area contributed by atoms with Gasteiger partial charge in [-0.15, -0.1) is 0 Å². The number of pyridine rings is 1. The van der Waals surface area contributed by atoms with Crippen LogP contribution in [0.1, 0.15) is 53.7 Å². The predicted molar refractivity (Wildman–Crippen MR) is 116 cm³/mol. The van der Waals surface area contributed by atoms with Crippen LogP contribution in [0.5, 0.6) is 0 Å². The zero-order valence-corrected chi connectivity index (χ0v) is 18.4. The molecule has 1 fully saturated rings. The van der Waals surface area contributed by atoms with E-state index >= 15 is 0 Å². The SMILES string of the molecule is Cc1nc(C)n(CCC(=O)N2CCCC(c3ccc(Cc4c(F)cccc4F)cn3)C2)n1. The molecule has 0 bridgehead atoms. The second kappa shape index (κ2) is 9.54. The highest BCUT2D eigenvalue weighted by Gasteiger charge is 2.25. The highest BCUT2D eigenvalue weighted by Crippen LogP contribution is 2.26. The molecule has 1 aliphatic rings. The molecule has 1 atom stereocenters. The van der Waals surface area contributed by atoms with E-state index in [2.05, 4.69) is 15.1 Å². The molecule has 0 spiro atoms. The van der Waals surface area contributed by atoms with Crippen LogP contribution >= 0.6 is 0 Å². The fraction of sp³-hybridized carbons (Fsp3) is 0.417. The molecule has 0 radical (unpaired) electrons. The molecule has 8 heteroatoms. The second-order valence-corrected chi connectivity index (χ2v) is 8.33. The van der Waals surface area contributed by atoms with Gasteiger partial charge in [-0.2, -0.15) is 5.10 Å². The van der Waals surface area contributed by atoms with E-state index in [1.807, 2.05) is 30.9 Å². The lowest BCUT2D eigenvalue weighted by molar-refractivity contribution is -0.132. The van der Waals surface area contributed by atoms with Crippen LogP contribution in [-0.2, 0) is 17.8 Å². The fourth-order valence-electron chi connectivity index (χ4n) is 4.27. The molecule has 1 saturated heterocycles. The first kappa shape index (κ1) is 22.0. The van der Waals surface area contributed by atoms with Gasteiger partial charge in [0.2, 0.25) is 5.91 Å². The topological polar surface area (TPSA) is 63.9 Å². The molecule has 1 amide bonds. The van der Waals surface area contributed by atoms with E-state index in [1.165, 1.54) is 18.2 Å². The Morgan fingerprint density at radius 1 is 1.16 bits per heavy atom. The Kier molecular flexibility index (Phi) is 6.58. The number of amides is 1. The maximum Gasteiger partial charge on any atom is 0.224 e. The summed E-state index contributed by atoms with van der Waals surface area (Å²) >= 11 is 0. The third kappa shape index (κ3) is 5.00. The van der Waals surface area contributed by atoms with Gasteiger partial charge >= 0.3 is 0 Å². The molecular weight excluding hydrogens is 412 g/mol. The standard InChI is InChI=1S/C24H27F2N5O/c1-16-28-17(2)31(29-16)12-10-24(32)30-11-4-5-19(15-30)23-9-8-18(14-27-23)13-20-21(25)6-3-7-22(20)26/h3,6-9,14,19H,4-5,10-13,15H2,1-2H3. The van der Waals surface area contributed by atoms with Crippen molar-refractivity contribution >= 4 is 5.91 Å². The zero-order valence-electron chi connectivity index (χ0n) is 18.4. The number of piperidine rings is 1. The molecule has 168 valence electrons. The molecular formula is C24H27F2N5O. The third-order valence-electron chi connectivity index (χ3n) is 5.98. The first-order valence-corrected chi connectivity index (χ1v) is 10.9. The third-order valence-corrected chi connectivity index (χ3v) is 5.98. The predicted octanol–water partition coefficient (Wildman–Crippen LogP) is 3.96. The van der Waals surface area contributed by atoms with Gasteiger partial charge in [-0.25, -0.2) is 18.4 Å². The van der Waals surface area contributed by atoms with E-state index < -0.39 is 11.6 Å². The fourth-order valence-corrected chi connectivity index (χ4v) is 4.27. The van der Waals surface area contributed by atoms with Crippen molar-refractivity contribution in [2.75, 3.05) is 13.1 Å². The van der Waals surface area contributed by atoms with E-state index in [-0.39, 0.29) is 23.8 Å². The average molecular weight is 440 g/mol. The van der Waals surface area contributed by atoms with E-state index in [0.717, 1.165) is 36.5 Å². The number of aromatic nitrogens is 4. The number of nitrogens with zero attached hydrogens (tertiary/aromatic N) is 5. The summed E-state index contributed by atoms with van der Waals surface area (Å²) in [4.78, 5) is 23.5. The highest BCUT2D eigenvalue weighted by molar-refractivity contribution is 5.76. The Morgan fingerprint density at radius 2 is 1.94 bits per heavy atom. The van der Waals surface area contributed by atoms with Crippen LogP contribution < -0.4 is 0 Å². The molecule has 1 aliphatic heterocycles. The van der Waals surface area contributed by atoms with Crippen LogP contribution in [0.3, 0.4) is 0 Å². The minimum absolute atomic E-state index is 0.0503. The normalized spacial score (nSPS) is 16.4. The maximum atomic E-state index is 13.9. The number of halogens is 2. The van der Waals surface area contributed by atoms with E-state index in [1.54, 1.807) is 10.9 Å². The Labute approximate surface area is 186 Å². The molecule has 6 nitrogen and oxygen atoms in total. The van der Waals surface area contributed by atoms with Crippen molar-refractivity contribution in [1.29, 1.82) is 0 Å². The van der Waals surface area contributed by atoms with Crippen molar-refractivity contribution in [1.82, 2.24) is 24.6 Å². The number of hydrogen-bond donors (Lipinski definition) is 0. The number of aryl methyl sites for hydroxylation is 3. The quantitative estimate of drug-likeness (QED) is 0.583. The Bertz CT molecular complexity index is 1080. The van der Waals surface area contributed by atoms with Gasteiger partial charge in [0.05, 0.1) is 6.54 Å². The number of rotatable bonds is 6. The van der Waals surface area contributed by atoms with Crippen molar-refractivity contribution in [3.05, 3.63) is 76.6 Å². The summed E-state index contributed by atoms with van der Waals surface area (Å²) in [6.07, 6.45) is 4.10. The summed E-state index contributed by atoms with van der Waals surface area (Å²) in [6, 6.07) is 7.66. The number of carbonyl (C=O) groups is 1. The van der Waals surface area contributed by atoms with Crippen molar-refractivity contribution in [2.45, 2.75) is 52.0 Å². The second-order valence-electron chi connectivity index (χ2n) is 8.33. The van der Waals surface area contributed by atoms with Crippen LogP contribution in [0.2, 0.25) is 0 Å². The van der Waals surface area contributed by atoms with E-state index in [9.17, 15) is 13.6 Å². The summed E-state index contributed by atoms with van der Waals surface area (Å²) < 4.78 is 29.6. The molecule has 0 N–H and O–H groups in total. The first-order valence-electron chi connectivity index (χ1n) is 10.9. The number of hydrogen-bond acceptors (Lipinski definition) is 4. The molecule has 0 aliphatic carbocycles. The number of likely N-dealkylation sites (tertiary alicyclic amines) is 1. The van der Waals surface area contributed by atoms with Gasteiger partial charge in [-0.05, 0) is 50.5 Å². The molecule has 2 aromatic heterocycles. The molecule has 1 unspecified atom stereocenters. The summed E-state index contributed by atoms with van der Waals surface area (Å²) in [5, 5.41) is 4.32. The lowest BCUT2D eigenvalue weighted by Gasteiger charge is -2.32. The van der Waals surface area contributed by atoms with Gasteiger partial charge < -0.3 is 4.90 Å². The molecule has 3 heterocycles. The van der Waals surface area contributed by atoms with Gasteiger partial charge in [-0.1, -0.05) is 12.1 Å². The largest absolute Gasteiger partial charge is 0.342 e. The molecule has 32 heavy (non-hydrogen) atoms. The molecule has 4 rings (SSSR count). The van der Waals surface area contributed by atoms with Gasteiger partial charge in [0.15, 0.2) is 0 Å². The van der Waals surface area contributed by atoms with Crippen LogP contribution in [0.15, 0.2) is 36.5 Å². The van der Waals surface area contributed by atoms with Crippen LogP contribution in [0.25, 0.3) is 0 Å². The lowest BCUT2D eigenvalue weighted by Crippen LogP contribution is -2.39. The van der Waals surface area contributed by atoms with Crippen molar-refractivity contribution in [3.8, 4) is 0 Å². The highest BCUT2D eigenvalue weighted by atomic mass is 19.1. The minimum atomic E-state index is -0.549. The molecule has 0 saturated carbocycles. The van der Waals surface area contributed by atoms with E-state index in [4.69, 9.17) is 0 Å². The Morgan fingerprint density at radius 3 is 2.59 bits per heavy atom. The van der Waals surface area contributed by atoms with Gasteiger partial charge in [-0.3, -0.25) is 9.78 Å². The van der Waals surface area contributed by atoms with Gasteiger partial charge in [0.1, 0.15) is 23.3 Å². The number of carbonyl (C=O) groups excluding carboxylic acids is 1. The Balaban J connectivity index is 1.36. The van der Waals surface area contributed by atoms with Gasteiger partial charge in [0.25, 0.3) is 0 Å². The lowest BCUT2D eigenvalue weighted by atomic mass is 9.93. The summed E-state index contributed by atoms with van der Waals surface area (Å²) in [5.41, 5.74) is 1.71. The van der Waals surface area contributed by atoms with Gasteiger partial charge in [0, 0.05) is 49.3 Å². The summed E-state index contributed by atoms with van der Waals surface area (Å²) in [7, 11) is 0. The van der Waals surface area contributed by atoms with Crippen LogP contribution in [-0.4, -0.2) is 43.6 Å². The van der Waals surface area contributed by atoms with Crippen molar-refractivity contribution in [2.24, 2.45) is 0 Å². The van der Waals surface area contributed by atoms with Crippen molar-refractivity contribution < 1.29 is 13.6 Å². The smallest absolute Gasteiger partial charge is 0.224 e. The molecule has 1 aromatic carbocycles. The first-order chi connectivity index (χ1) is 15.4. The molecule has 3 aromatic rings. The average Bonchev–Trinajstić information content (AvgIpc) is 3.12. The van der Waals surface area contributed by atoms with Crippen LogP contribution in [0, 0.1) is 25.5 Å². The summed E-state index contributed by atoms with van der Waals surface area (Å²) in [5.74, 6) is 0.682. The minimum Gasteiger partial charge on any atom is -0.342 e. The van der Waals surface area contributed by atoms with E-state index in [0.29, 0.717) is 25.3 Å². The van der Waals surface area contributed by atoms with Crippen molar-refractivity contribution in [3.63, 3.8) is 0 Å². The maximum absolute atomic E-state index is 13.9. The Hall–Kier alpha value is -3.16. The number of benzene rings is 1.